The highest BCUT2D eigenvalue weighted by atomic mass is 32.2. The first-order chi connectivity index (χ1) is 21.2. The molecule has 0 aliphatic carbocycles. The number of rotatable bonds is 14. The average molecular weight is 621 g/mol. The van der Waals surface area contributed by atoms with Gasteiger partial charge >= 0.3 is 6.03 Å². The van der Waals surface area contributed by atoms with Crippen molar-refractivity contribution in [2.24, 2.45) is 0 Å². The molecule has 1 aliphatic rings. The Labute approximate surface area is 262 Å². The fraction of sp³-hybridized carbons (Fsp3) is 0.364. The molecule has 3 aromatic carbocycles. The van der Waals surface area contributed by atoms with Crippen molar-refractivity contribution in [3.05, 3.63) is 95.6 Å². The monoisotopic (exact) mass is 620 g/mol. The molecule has 0 radical (unpaired) electrons. The standard InChI is InChI=1S/C33H40N4O6S/c1-33(20-36(22-38)19-26-11-15-28(43-3)16-12-26)21-37(23-44-33)31(40)30(39)29(17-24-7-5-4-6-8-24)35-32(41)34-18-25-9-13-27(42-2)14-10-25/h4-16,22,29-30,39H,17-21,23H2,1-3H3,(H2,34,35,41). The van der Waals surface area contributed by atoms with Gasteiger partial charge in [-0.15, -0.1) is 11.8 Å². The van der Waals surface area contributed by atoms with Crippen LogP contribution in [0, 0.1) is 0 Å². The van der Waals surface area contributed by atoms with Crippen LogP contribution in [0.5, 0.6) is 11.5 Å². The number of aliphatic hydroxyl groups excluding tert-OH is 1. The van der Waals surface area contributed by atoms with Gasteiger partial charge in [0.2, 0.25) is 6.41 Å². The lowest BCUT2D eigenvalue weighted by molar-refractivity contribution is -0.140. The topological polar surface area (TPSA) is 120 Å². The van der Waals surface area contributed by atoms with Crippen molar-refractivity contribution in [2.75, 3.05) is 33.2 Å². The smallest absolute Gasteiger partial charge is 0.315 e. The molecule has 11 heteroatoms. The third kappa shape index (κ3) is 9.14. The van der Waals surface area contributed by atoms with E-state index >= 15 is 0 Å². The van der Waals surface area contributed by atoms with Crippen molar-refractivity contribution in [2.45, 2.75) is 43.3 Å². The van der Waals surface area contributed by atoms with Crippen molar-refractivity contribution >= 4 is 30.1 Å². The third-order valence-corrected chi connectivity index (χ3v) is 8.89. The summed E-state index contributed by atoms with van der Waals surface area (Å²) in [6, 6.07) is 22.9. The number of hydrogen-bond acceptors (Lipinski definition) is 7. The molecule has 3 aromatic rings. The Morgan fingerprint density at radius 1 is 0.977 bits per heavy atom. The van der Waals surface area contributed by atoms with E-state index in [4.69, 9.17) is 9.47 Å². The van der Waals surface area contributed by atoms with Gasteiger partial charge in [-0.05, 0) is 54.3 Å². The largest absolute Gasteiger partial charge is 0.497 e. The lowest BCUT2D eigenvalue weighted by Gasteiger charge is -2.31. The van der Waals surface area contributed by atoms with Crippen molar-refractivity contribution < 1.29 is 29.0 Å². The number of carbonyl (C=O) groups excluding carboxylic acids is 3. The second kappa shape index (κ2) is 15.5. The van der Waals surface area contributed by atoms with Crippen molar-refractivity contribution in [1.82, 2.24) is 20.4 Å². The van der Waals surface area contributed by atoms with Crippen LogP contribution in [0.4, 0.5) is 4.79 Å². The number of hydrogen-bond donors (Lipinski definition) is 3. The fourth-order valence-electron chi connectivity index (χ4n) is 5.11. The van der Waals surface area contributed by atoms with Crippen LogP contribution in [0.1, 0.15) is 23.6 Å². The first kappa shape index (κ1) is 32.7. The molecule has 234 valence electrons. The quantitative estimate of drug-likeness (QED) is 0.236. The fourth-order valence-corrected chi connectivity index (χ4v) is 6.30. The maximum Gasteiger partial charge on any atom is 0.315 e. The molecule has 3 atom stereocenters. The number of carbonyl (C=O) groups is 3. The second-order valence-electron chi connectivity index (χ2n) is 11.0. The number of amides is 4. The first-order valence-corrected chi connectivity index (χ1v) is 15.3. The molecule has 3 N–H and O–H groups in total. The molecule has 1 aliphatic heterocycles. The minimum atomic E-state index is -1.47. The van der Waals surface area contributed by atoms with E-state index in [0.717, 1.165) is 34.6 Å². The second-order valence-corrected chi connectivity index (χ2v) is 12.6. The van der Waals surface area contributed by atoms with Crippen LogP contribution in [0.3, 0.4) is 0 Å². The van der Waals surface area contributed by atoms with Gasteiger partial charge in [-0.25, -0.2) is 4.79 Å². The maximum absolute atomic E-state index is 13.6. The van der Waals surface area contributed by atoms with Crippen LogP contribution in [0.25, 0.3) is 0 Å². The highest BCUT2D eigenvalue weighted by Crippen LogP contribution is 2.35. The number of ether oxygens (including phenoxy) is 2. The Balaban J connectivity index is 1.37. The highest BCUT2D eigenvalue weighted by Gasteiger charge is 2.41. The molecule has 4 amide bonds. The molecular formula is C33H40N4O6S. The van der Waals surface area contributed by atoms with Gasteiger partial charge < -0.3 is 35.0 Å². The van der Waals surface area contributed by atoms with E-state index in [1.807, 2.05) is 85.8 Å². The number of aliphatic hydroxyl groups is 1. The summed E-state index contributed by atoms with van der Waals surface area (Å²) in [5, 5.41) is 16.9. The van der Waals surface area contributed by atoms with E-state index in [-0.39, 0.29) is 13.0 Å². The SMILES string of the molecule is COc1ccc(CNC(=O)NC(Cc2ccccc2)C(O)C(=O)N2CSC(C)(CN(C=O)Cc3ccc(OC)cc3)C2)cc1. The highest BCUT2D eigenvalue weighted by molar-refractivity contribution is 8.00. The number of benzene rings is 3. The zero-order chi connectivity index (χ0) is 31.5. The number of nitrogens with one attached hydrogen (secondary N) is 2. The van der Waals surface area contributed by atoms with Gasteiger partial charge in [0.1, 0.15) is 11.5 Å². The van der Waals surface area contributed by atoms with Crippen molar-refractivity contribution in [1.29, 1.82) is 0 Å². The third-order valence-electron chi connectivity index (χ3n) is 7.50. The van der Waals surface area contributed by atoms with Gasteiger partial charge in [0.25, 0.3) is 5.91 Å². The van der Waals surface area contributed by atoms with E-state index in [1.165, 1.54) is 0 Å². The Morgan fingerprint density at radius 2 is 1.59 bits per heavy atom. The molecule has 0 saturated carbocycles. The summed E-state index contributed by atoms with van der Waals surface area (Å²) in [6.45, 7) is 3.47. The molecule has 1 heterocycles. The van der Waals surface area contributed by atoms with Gasteiger partial charge in [-0.3, -0.25) is 9.59 Å². The average Bonchev–Trinajstić information content (AvgIpc) is 3.44. The molecule has 1 saturated heterocycles. The van der Waals surface area contributed by atoms with E-state index in [2.05, 4.69) is 10.6 Å². The number of methoxy groups -OCH3 is 2. The first-order valence-electron chi connectivity index (χ1n) is 14.4. The Hall–Kier alpha value is -4.22. The van der Waals surface area contributed by atoms with Crippen molar-refractivity contribution in [3.8, 4) is 11.5 Å². The molecule has 0 bridgehead atoms. The Morgan fingerprint density at radius 3 is 2.18 bits per heavy atom. The van der Waals surface area contributed by atoms with Gasteiger partial charge in [0, 0.05) is 26.2 Å². The molecule has 0 spiro atoms. The van der Waals surface area contributed by atoms with E-state index in [1.54, 1.807) is 35.8 Å². The molecule has 3 unspecified atom stereocenters. The van der Waals surface area contributed by atoms with Crippen LogP contribution in [0.15, 0.2) is 78.9 Å². The minimum Gasteiger partial charge on any atom is -0.497 e. The lowest BCUT2D eigenvalue weighted by atomic mass is 10.00. The van der Waals surface area contributed by atoms with Crippen molar-refractivity contribution in [3.63, 3.8) is 0 Å². The Kier molecular flexibility index (Phi) is 11.5. The van der Waals surface area contributed by atoms with Crippen LogP contribution >= 0.6 is 11.8 Å². The summed E-state index contributed by atoms with van der Waals surface area (Å²) in [4.78, 5) is 41.7. The summed E-state index contributed by atoms with van der Waals surface area (Å²) in [5.41, 5.74) is 2.72. The van der Waals surface area contributed by atoms with Gasteiger partial charge in [0.15, 0.2) is 6.10 Å². The predicted octanol–water partition coefficient (Wildman–Crippen LogP) is 3.43. The number of thioether (sulfide) groups is 1. The van der Waals surface area contributed by atoms with Crippen LogP contribution in [-0.4, -0.2) is 83.3 Å². The number of urea groups is 1. The normalized spacial score (nSPS) is 17.3. The summed E-state index contributed by atoms with van der Waals surface area (Å²) in [5.74, 6) is 1.36. The van der Waals surface area contributed by atoms with Gasteiger partial charge in [0.05, 0.1) is 30.9 Å². The molecule has 1 fully saturated rings. The molecule has 4 rings (SSSR count). The molecular weight excluding hydrogens is 580 g/mol. The summed E-state index contributed by atoms with van der Waals surface area (Å²) >= 11 is 1.56. The Bertz CT molecular complexity index is 1380. The van der Waals surface area contributed by atoms with E-state index in [9.17, 15) is 19.5 Å². The van der Waals surface area contributed by atoms with E-state index in [0.29, 0.717) is 25.5 Å². The maximum atomic E-state index is 13.6. The van der Waals surface area contributed by atoms with Crippen LogP contribution in [0.2, 0.25) is 0 Å². The summed E-state index contributed by atoms with van der Waals surface area (Å²) < 4.78 is 9.96. The lowest BCUT2D eigenvalue weighted by Crippen LogP contribution is -2.54. The zero-order valence-corrected chi connectivity index (χ0v) is 26.1. The molecule has 10 nitrogen and oxygen atoms in total. The zero-order valence-electron chi connectivity index (χ0n) is 25.3. The van der Waals surface area contributed by atoms with Gasteiger partial charge in [-0.2, -0.15) is 0 Å². The summed E-state index contributed by atoms with van der Waals surface area (Å²) in [6.07, 6.45) is -0.381. The van der Waals surface area contributed by atoms with Crippen LogP contribution in [-0.2, 0) is 29.1 Å². The summed E-state index contributed by atoms with van der Waals surface area (Å²) in [7, 11) is 3.19. The molecule has 44 heavy (non-hydrogen) atoms. The van der Waals surface area contributed by atoms with Gasteiger partial charge in [-0.1, -0.05) is 54.6 Å². The number of nitrogens with zero attached hydrogens (tertiary/aromatic N) is 2. The predicted molar refractivity (Wildman–Crippen MR) is 170 cm³/mol. The molecule has 0 aromatic heterocycles. The van der Waals surface area contributed by atoms with Crippen LogP contribution < -0.4 is 20.1 Å². The van der Waals surface area contributed by atoms with E-state index < -0.39 is 28.8 Å². The minimum absolute atomic E-state index is 0.267.